The van der Waals surface area contributed by atoms with Gasteiger partial charge in [0.15, 0.2) is 5.16 Å². The number of carbonyl (C=O) groups excluding carboxylic acids is 1. The van der Waals surface area contributed by atoms with Crippen LogP contribution in [0.2, 0.25) is 0 Å². The Morgan fingerprint density at radius 1 is 0.969 bits per heavy atom. The smallest absolute Gasteiger partial charge is 0.233 e. The molecule has 3 heterocycles. The Kier molecular flexibility index (Phi) is 6.17. The molecule has 6 nitrogen and oxygen atoms in total. The quantitative estimate of drug-likeness (QED) is 0.527. The van der Waals surface area contributed by atoms with Crippen molar-refractivity contribution in [2.24, 2.45) is 5.92 Å². The Morgan fingerprint density at radius 3 is 2.47 bits per heavy atom. The maximum Gasteiger partial charge on any atom is 0.233 e. The van der Waals surface area contributed by atoms with E-state index in [1.54, 1.807) is 0 Å². The first kappa shape index (κ1) is 21.1. The van der Waals surface area contributed by atoms with Crippen molar-refractivity contribution in [3.05, 3.63) is 65.7 Å². The summed E-state index contributed by atoms with van der Waals surface area (Å²) in [6, 6.07) is 19.1. The van der Waals surface area contributed by atoms with Gasteiger partial charge in [-0.25, -0.2) is 0 Å². The van der Waals surface area contributed by atoms with E-state index in [2.05, 4.69) is 81.2 Å². The second kappa shape index (κ2) is 9.36. The van der Waals surface area contributed by atoms with Gasteiger partial charge in [0.1, 0.15) is 0 Å². The molecule has 1 fully saturated rings. The lowest BCUT2D eigenvalue weighted by Crippen LogP contribution is -2.39. The molecule has 0 N–H and O–H groups in total. The number of anilines is 2. The molecular formula is C25H29N5OS. The van der Waals surface area contributed by atoms with E-state index >= 15 is 0 Å². The van der Waals surface area contributed by atoms with E-state index in [0.717, 1.165) is 62.2 Å². The predicted molar refractivity (Wildman–Crippen MR) is 128 cm³/mol. The lowest BCUT2D eigenvalue weighted by atomic mass is 9.90. The molecule has 0 aliphatic carbocycles. The number of rotatable bonds is 6. The number of fused-ring (bicyclic) bond motifs is 1. The fraction of sp³-hybridized carbons (Fsp3) is 0.400. The molecule has 0 atom stereocenters. The van der Waals surface area contributed by atoms with Gasteiger partial charge in [0, 0.05) is 31.9 Å². The third-order valence-corrected chi connectivity index (χ3v) is 7.44. The molecule has 2 aliphatic rings. The Hall–Kier alpha value is -2.80. The molecule has 3 aromatic rings. The van der Waals surface area contributed by atoms with Crippen LogP contribution in [0, 0.1) is 12.8 Å². The minimum Gasteiger partial charge on any atom is -0.342 e. The van der Waals surface area contributed by atoms with Gasteiger partial charge in [-0.1, -0.05) is 59.8 Å². The monoisotopic (exact) mass is 447 g/mol. The molecule has 0 radical (unpaired) electrons. The number of hydrogen-bond donors (Lipinski definition) is 0. The molecule has 32 heavy (non-hydrogen) atoms. The maximum atomic E-state index is 12.8. The van der Waals surface area contributed by atoms with Crippen molar-refractivity contribution in [1.29, 1.82) is 0 Å². The average Bonchev–Trinajstić information content (AvgIpc) is 3.42. The van der Waals surface area contributed by atoms with E-state index in [4.69, 9.17) is 0 Å². The van der Waals surface area contributed by atoms with Crippen molar-refractivity contribution in [2.45, 2.75) is 37.9 Å². The van der Waals surface area contributed by atoms with Crippen LogP contribution in [-0.2, 0) is 17.8 Å². The number of benzene rings is 2. The summed E-state index contributed by atoms with van der Waals surface area (Å²) in [6.07, 6.45) is 3.27. The maximum absolute atomic E-state index is 12.8. The summed E-state index contributed by atoms with van der Waals surface area (Å²) in [5.74, 6) is 2.16. The zero-order chi connectivity index (χ0) is 21.9. The number of hydrogen-bond acceptors (Lipinski definition) is 5. The summed E-state index contributed by atoms with van der Waals surface area (Å²) in [4.78, 5) is 17.0. The number of likely N-dealkylation sites (tertiary alicyclic amines) is 1. The first-order chi connectivity index (χ1) is 15.7. The molecule has 0 spiro atoms. The molecule has 1 amide bonds. The van der Waals surface area contributed by atoms with E-state index in [0.29, 0.717) is 11.7 Å². The van der Waals surface area contributed by atoms with Crippen molar-refractivity contribution in [3.63, 3.8) is 0 Å². The fourth-order valence-electron chi connectivity index (χ4n) is 4.60. The summed E-state index contributed by atoms with van der Waals surface area (Å²) in [5, 5.41) is 9.62. The molecular weight excluding hydrogens is 418 g/mol. The van der Waals surface area contributed by atoms with Gasteiger partial charge >= 0.3 is 0 Å². The first-order valence-electron chi connectivity index (χ1n) is 11.4. The number of nitrogens with zero attached hydrogens (tertiary/aromatic N) is 5. The Morgan fingerprint density at radius 2 is 1.72 bits per heavy atom. The summed E-state index contributed by atoms with van der Waals surface area (Å²) < 4.78 is 2.13. The largest absolute Gasteiger partial charge is 0.342 e. The molecule has 0 unspecified atom stereocenters. The van der Waals surface area contributed by atoms with Crippen LogP contribution < -0.4 is 4.90 Å². The summed E-state index contributed by atoms with van der Waals surface area (Å²) in [5.41, 5.74) is 3.77. The van der Waals surface area contributed by atoms with Gasteiger partial charge < -0.3 is 9.80 Å². The van der Waals surface area contributed by atoms with Gasteiger partial charge in [-0.3, -0.25) is 9.36 Å². The highest BCUT2D eigenvalue weighted by atomic mass is 32.2. The molecule has 166 valence electrons. The van der Waals surface area contributed by atoms with Gasteiger partial charge in [-0.05, 0) is 49.8 Å². The van der Waals surface area contributed by atoms with Gasteiger partial charge in [0.25, 0.3) is 0 Å². The molecule has 1 aromatic heterocycles. The van der Waals surface area contributed by atoms with Gasteiger partial charge in [0.05, 0.1) is 5.75 Å². The third-order valence-electron chi connectivity index (χ3n) is 6.49. The van der Waals surface area contributed by atoms with Gasteiger partial charge in [-0.15, -0.1) is 10.2 Å². The van der Waals surface area contributed by atoms with Crippen LogP contribution in [0.5, 0.6) is 0 Å². The highest BCUT2D eigenvalue weighted by molar-refractivity contribution is 7.99. The molecule has 2 aliphatic heterocycles. The molecule has 0 saturated carbocycles. The van der Waals surface area contributed by atoms with E-state index in [1.807, 2.05) is 4.90 Å². The van der Waals surface area contributed by atoms with Crippen molar-refractivity contribution < 1.29 is 4.79 Å². The minimum atomic E-state index is 0.207. The summed E-state index contributed by atoms with van der Waals surface area (Å²) in [7, 11) is 0. The number of piperidine rings is 1. The molecule has 1 saturated heterocycles. The Bertz CT molecular complexity index is 1060. The average molecular weight is 448 g/mol. The van der Waals surface area contributed by atoms with Gasteiger partial charge in [-0.2, -0.15) is 0 Å². The van der Waals surface area contributed by atoms with E-state index in [9.17, 15) is 4.79 Å². The minimum absolute atomic E-state index is 0.207. The van der Waals surface area contributed by atoms with E-state index in [-0.39, 0.29) is 5.91 Å². The first-order valence-corrected chi connectivity index (χ1v) is 12.4. The SMILES string of the molecule is Cc1ccc(N2CCn3c(SCC(=O)N4CCC(Cc5ccccc5)CC4)nnc32)cc1. The van der Waals surface area contributed by atoms with Crippen LogP contribution in [0.1, 0.15) is 24.0 Å². The molecule has 2 aromatic carbocycles. The number of carbonyl (C=O) groups is 1. The van der Waals surface area contributed by atoms with Crippen LogP contribution in [-0.4, -0.2) is 51.0 Å². The van der Waals surface area contributed by atoms with Crippen molar-refractivity contribution in [3.8, 4) is 0 Å². The number of amides is 1. The standard InChI is InChI=1S/C25H29N5OS/c1-19-7-9-22(10-8-19)29-15-16-30-24(29)26-27-25(30)32-18-23(31)28-13-11-21(12-14-28)17-20-5-3-2-4-6-20/h2-10,21H,11-18H2,1H3. The van der Waals surface area contributed by atoms with Crippen LogP contribution in [0.25, 0.3) is 0 Å². The van der Waals surface area contributed by atoms with Crippen LogP contribution >= 0.6 is 11.8 Å². The number of aromatic nitrogens is 3. The lowest BCUT2D eigenvalue weighted by Gasteiger charge is -2.32. The Balaban J connectivity index is 1.13. The lowest BCUT2D eigenvalue weighted by molar-refractivity contribution is -0.129. The van der Waals surface area contributed by atoms with Gasteiger partial charge in [0.2, 0.25) is 11.9 Å². The van der Waals surface area contributed by atoms with Crippen molar-refractivity contribution in [1.82, 2.24) is 19.7 Å². The van der Waals surface area contributed by atoms with Crippen LogP contribution in [0.15, 0.2) is 59.8 Å². The number of aryl methyl sites for hydroxylation is 1. The van der Waals surface area contributed by atoms with Crippen molar-refractivity contribution in [2.75, 3.05) is 30.3 Å². The normalized spacial score (nSPS) is 16.4. The third kappa shape index (κ3) is 4.53. The fourth-order valence-corrected chi connectivity index (χ4v) is 5.47. The van der Waals surface area contributed by atoms with E-state index in [1.165, 1.54) is 22.9 Å². The van der Waals surface area contributed by atoms with Crippen molar-refractivity contribution >= 4 is 29.3 Å². The summed E-state index contributed by atoms with van der Waals surface area (Å²) >= 11 is 1.51. The highest BCUT2D eigenvalue weighted by Gasteiger charge is 2.27. The van der Waals surface area contributed by atoms with Crippen LogP contribution in [0.4, 0.5) is 11.6 Å². The molecule has 7 heteroatoms. The molecule has 5 rings (SSSR count). The molecule has 0 bridgehead atoms. The summed E-state index contributed by atoms with van der Waals surface area (Å²) in [6.45, 7) is 5.53. The number of thioether (sulfide) groups is 1. The second-order valence-electron chi connectivity index (χ2n) is 8.72. The highest BCUT2D eigenvalue weighted by Crippen LogP contribution is 2.32. The topological polar surface area (TPSA) is 54.3 Å². The second-order valence-corrected chi connectivity index (χ2v) is 9.67. The zero-order valence-electron chi connectivity index (χ0n) is 18.5. The zero-order valence-corrected chi connectivity index (χ0v) is 19.3. The van der Waals surface area contributed by atoms with Crippen LogP contribution in [0.3, 0.4) is 0 Å². The Labute approximate surface area is 193 Å². The van der Waals surface area contributed by atoms with E-state index < -0.39 is 0 Å². The predicted octanol–water partition coefficient (Wildman–Crippen LogP) is 4.31.